The van der Waals surface area contributed by atoms with Gasteiger partial charge in [0.1, 0.15) is 0 Å². The van der Waals surface area contributed by atoms with Crippen LogP contribution in [0.4, 0.5) is 5.69 Å². The molecule has 17 heavy (non-hydrogen) atoms. The minimum atomic E-state index is -3.26. The largest absolute Gasteiger partial charge is 0.479 e. The number of para-hydroxylation sites is 1. The maximum atomic E-state index is 11.4. The molecule has 1 aromatic rings. The van der Waals surface area contributed by atoms with Crippen LogP contribution >= 0.6 is 0 Å². The molecule has 5 nitrogen and oxygen atoms in total. The number of hydrogen-bond donors (Lipinski definition) is 2. The zero-order chi connectivity index (χ0) is 12.5. The average Bonchev–Trinajstić information content (AvgIpc) is 2.57. The molecule has 0 saturated carbocycles. The van der Waals surface area contributed by atoms with E-state index in [2.05, 4.69) is 5.32 Å². The third-order valence-corrected chi connectivity index (χ3v) is 4.63. The second-order valence-electron chi connectivity index (χ2n) is 4.22. The highest BCUT2D eigenvalue weighted by Crippen LogP contribution is 2.28. The van der Waals surface area contributed by atoms with Crippen LogP contribution in [-0.2, 0) is 14.6 Å². The second kappa shape index (κ2) is 4.03. The molecular weight excluding hydrogens is 242 g/mol. The van der Waals surface area contributed by atoms with Crippen LogP contribution in [0.25, 0.3) is 0 Å². The van der Waals surface area contributed by atoms with Gasteiger partial charge >= 0.3 is 5.97 Å². The molecule has 0 aromatic heterocycles. The van der Waals surface area contributed by atoms with Crippen molar-refractivity contribution in [1.82, 2.24) is 0 Å². The number of sulfone groups is 1. The van der Waals surface area contributed by atoms with Crippen LogP contribution < -0.4 is 5.32 Å². The minimum Gasteiger partial charge on any atom is -0.479 e. The first-order valence-electron chi connectivity index (χ1n) is 5.21. The lowest BCUT2D eigenvalue weighted by atomic mass is 9.99. The van der Waals surface area contributed by atoms with E-state index in [1.54, 1.807) is 24.3 Å². The first kappa shape index (κ1) is 11.9. The Morgan fingerprint density at radius 1 is 1.29 bits per heavy atom. The maximum absolute atomic E-state index is 11.4. The molecule has 1 atom stereocenters. The summed E-state index contributed by atoms with van der Waals surface area (Å²) in [6.07, 6.45) is 0.0968. The quantitative estimate of drug-likeness (QED) is 0.832. The Hall–Kier alpha value is -1.56. The summed E-state index contributed by atoms with van der Waals surface area (Å²) in [4.78, 5) is 11.3. The monoisotopic (exact) mass is 255 g/mol. The van der Waals surface area contributed by atoms with Gasteiger partial charge < -0.3 is 10.4 Å². The molecule has 0 spiro atoms. The molecule has 1 saturated heterocycles. The third-order valence-electron chi connectivity index (χ3n) is 2.87. The van der Waals surface area contributed by atoms with E-state index in [0.29, 0.717) is 5.69 Å². The first-order valence-corrected chi connectivity index (χ1v) is 7.03. The fraction of sp³-hybridized carbons (Fsp3) is 0.364. The topological polar surface area (TPSA) is 83.5 Å². The lowest BCUT2D eigenvalue weighted by Gasteiger charge is -2.25. The van der Waals surface area contributed by atoms with Gasteiger partial charge in [-0.3, -0.25) is 0 Å². The number of aliphatic carboxylic acids is 1. The zero-order valence-electron chi connectivity index (χ0n) is 9.09. The van der Waals surface area contributed by atoms with E-state index in [1.165, 1.54) is 0 Å². The van der Waals surface area contributed by atoms with Gasteiger partial charge in [-0.15, -0.1) is 0 Å². The summed E-state index contributed by atoms with van der Waals surface area (Å²) in [6, 6.07) is 8.78. The highest BCUT2D eigenvalue weighted by molar-refractivity contribution is 7.91. The van der Waals surface area contributed by atoms with Crippen molar-refractivity contribution < 1.29 is 18.3 Å². The van der Waals surface area contributed by atoms with Crippen molar-refractivity contribution in [3.8, 4) is 0 Å². The van der Waals surface area contributed by atoms with Crippen LogP contribution in [0, 0.1) is 0 Å². The second-order valence-corrected chi connectivity index (χ2v) is 6.40. The number of benzene rings is 1. The molecule has 0 bridgehead atoms. The summed E-state index contributed by atoms with van der Waals surface area (Å²) >= 11 is 0. The molecule has 0 amide bonds. The van der Waals surface area contributed by atoms with E-state index in [0.717, 1.165) is 0 Å². The lowest BCUT2D eigenvalue weighted by molar-refractivity contribution is -0.141. The van der Waals surface area contributed by atoms with Gasteiger partial charge in [0.15, 0.2) is 15.4 Å². The van der Waals surface area contributed by atoms with Crippen molar-refractivity contribution >= 4 is 21.5 Å². The van der Waals surface area contributed by atoms with E-state index in [9.17, 15) is 18.3 Å². The number of rotatable bonds is 3. The number of hydrogen-bond acceptors (Lipinski definition) is 4. The van der Waals surface area contributed by atoms with Crippen molar-refractivity contribution in [3.63, 3.8) is 0 Å². The van der Waals surface area contributed by atoms with E-state index >= 15 is 0 Å². The Morgan fingerprint density at radius 3 is 2.41 bits per heavy atom. The van der Waals surface area contributed by atoms with Gasteiger partial charge in [0.25, 0.3) is 0 Å². The standard InChI is InChI=1S/C11H13NO4S/c13-10(14)11(6-7-17(15,16)8-11)12-9-4-2-1-3-5-9/h1-5,12H,6-8H2,(H,13,14). The van der Waals surface area contributed by atoms with Crippen LogP contribution in [0.2, 0.25) is 0 Å². The van der Waals surface area contributed by atoms with Crippen LogP contribution in [-0.4, -0.2) is 36.5 Å². The van der Waals surface area contributed by atoms with Crippen molar-refractivity contribution in [2.45, 2.75) is 12.0 Å². The molecular formula is C11H13NO4S. The predicted molar refractivity (Wildman–Crippen MR) is 63.7 cm³/mol. The Kier molecular flexibility index (Phi) is 2.82. The summed E-state index contributed by atoms with van der Waals surface area (Å²) in [5, 5.41) is 12.1. The molecule has 1 unspecified atom stereocenters. The summed E-state index contributed by atoms with van der Waals surface area (Å²) in [6.45, 7) is 0. The van der Waals surface area contributed by atoms with Crippen LogP contribution in [0.1, 0.15) is 6.42 Å². The van der Waals surface area contributed by atoms with Crippen LogP contribution in [0.15, 0.2) is 30.3 Å². The van der Waals surface area contributed by atoms with Gasteiger partial charge in [0.05, 0.1) is 11.5 Å². The summed E-state index contributed by atoms with van der Waals surface area (Å²) in [5.74, 6) is -1.56. The fourth-order valence-electron chi connectivity index (χ4n) is 1.97. The van der Waals surface area contributed by atoms with Gasteiger partial charge in [0.2, 0.25) is 0 Å². The lowest BCUT2D eigenvalue weighted by Crippen LogP contribution is -2.47. The van der Waals surface area contributed by atoms with Gasteiger partial charge in [0, 0.05) is 5.69 Å². The Labute approximate surface area is 99.4 Å². The SMILES string of the molecule is O=C(O)C1(Nc2ccccc2)CCS(=O)(=O)C1. The number of carboxylic acid groups (broad SMARTS) is 1. The molecule has 2 rings (SSSR count). The van der Waals surface area contributed by atoms with Crippen molar-refractivity contribution in [2.75, 3.05) is 16.8 Å². The van der Waals surface area contributed by atoms with E-state index < -0.39 is 21.3 Å². The number of carboxylic acids is 1. The number of anilines is 1. The van der Waals surface area contributed by atoms with Crippen LogP contribution in [0.5, 0.6) is 0 Å². The van der Waals surface area contributed by atoms with Crippen molar-refractivity contribution in [1.29, 1.82) is 0 Å². The van der Waals surface area contributed by atoms with Crippen LogP contribution in [0.3, 0.4) is 0 Å². The molecule has 0 aliphatic carbocycles. The van der Waals surface area contributed by atoms with E-state index in [1.807, 2.05) is 6.07 Å². The fourth-order valence-corrected chi connectivity index (χ4v) is 3.86. The number of carbonyl (C=O) groups is 1. The summed E-state index contributed by atoms with van der Waals surface area (Å²) < 4.78 is 22.9. The van der Waals surface area contributed by atoms with Gasteiger partial charge in [-0.05, 0) is 18.6 Å². The Balaban J connectivity index is 2.29. The third kappa shape index (κ3) is 2.41. The molecule has 6 heteroatoms. The molecule has 92 valence electrons. The minimum absolute atomic E-state index is 0.0842. The predicted octanol–water partition coefficient (Wildman–Crippen LogP) is 0.740. The van der Waals surface area contributed by atoms with E-state index in [-0.39, 0.29) is 17.9 Å². The molecule has 1 aliphatic heterocycles. The van der Waals surface area contributed by atoms with E-state index in [4.69, 9.17) is 0 Å². The van der Waals surface area contributed by atoms with Crippen molar-refractivity contribution in [2.24, 2.45) is 0 Å². The molecule has 1 fully saturated rings. The maximum Gasteiger partial charge on any atom is 0.330 e. The van der Waals surface area contributed by atoms with Gasteiger partial charge in [-0.25, -0.2) is 13.2 Å². The van der Waals surface area contributed by atoms with Gasteiger partial charge in [-0.2, -0.15) is 0 Å². The zero-order valence-corrected chi connectivity index (χ0v) is 9.90. The average molecular weight is 255 g/mol. The smallest absolute Gasteiger partial charge is 0.330 e. The summed E-state index contributed by atoms with van der Waals surface area (Å²) in [5.41, 5.74) is -0.771. The first-order chi connectivity index (χ1) is 7.94. The normalized spacial score (nSPS) is 26.6. The van der Waals surface area contributed by atoms with Crippen molar-refractivity contribution in [3.05, 3.63) is 30.3 Å². The highest BCUT2D eigenvalue weighted by Gasteiger charge is 2.48. The molecule has 2 N–H and O–H groups in total. The molecule has 1 aromatic carbocycles. The Bertz CT molecular complexity index is 526. The molecule has 0 radical (unpaired) electrons. The summed E-state index contributed by atoms with van der Waals surface area (Å²) in [7, 11) is -3.26. The highest BCUT2D eigenvalue weighted by atomic mass is 32.2. The molecule has 1 heterocycles. The molecule has 1 aliphatic rings. The van der Waals surface area contributed by atoms with Gasteiger partial charge in [-0.1, -0.05) is 18.2 Å². The Morgan fingerprint density at radius 2 is 1.94 bits per heavy atom. The number of nitrogens with one attached hydrogen (secondary N) is 1.